The SMILES string of the molecule is Cc1cc(C)cc(C(=O)NCC(=O)NCc2cccc3c2OCCO3)c1. The van der Waals surface area contributed by atoms with Crippen LogP contribution in [0.1, 0.15) is 27.0 Å². The molecule has 0 bridgehead atoms. The molecule has 0 spiro atoms. The van der Waals surface area contributed by atoms with Crippen molar-refractivity contribution in [1.29, 1.82) is 0 Å². The van der Waals surface area contributed by atoms with E-state index in [-0.39, 0.29) is 18.4 Å². The van der Waals surface area contributed by atoms with Gasteiger partial charge in [-0.05, 0) is 32.0 Å². The highest BCUT2D eigenvalue weighted by Crippen LogP contribution is 2.33. The molecule has 3 rings (SSSR count). The van der Waals surface area contributed by atoms with Crippen molar-refractivity contribution in [3.8, 4) is 11.5 Å². The summed E-state index contributed by atoms with van der Waals surface area (Å²) in [6, 6.07) is 11.2. The number of nitrogens with one attached hydrogen (secondary N) is 2. The number of rotatable bonds is 5. The molecule has 0 aliphatic carbocycles. The maximum Gasteiger partial charge on any atom is 0.251 e. The van der Waals surface area contributed by atoms with E-state index in [1.54, 1.807) is 12.1 Å². The molecule has 136 valence electrons. The van der Waals surface area contributed by atoms with E-state index in [1.807, 2.05) is 38.1 Å². The smallest absolute Gasteiger partial charge is 0.251 e. The number of amides is 2. The molecule has 0 unspecified atom stereocenters. The third-order valence-corrected chi connectivity index (χ3v) is 4.02. The molecule has 0 saturated heterocycles. The Labute approximate surface area is 152 Å². The van der Waals surface area contributed by atoms with Gasteiger partial charge in [-0.2, -0.15) is 0 Å². The van der Waals surface area contributed by atoms with Gasteiger partial charge in [0, 0.05) is 17.7 Å². The molecular weight excluding hydrogens is 332 g/mol. The summed E-state index contributed by atoms with van der Waals surface area (Å²) in [6.07, 6.45) is 0. The molecule has 0 atom stereocenters. The van der Waals surface area contributed by atoms with Crippen molar-refractivity contribution < 1.29 is 19.1 Å². The van der Waals surface area contributed by atoms with Crippen LogP contribution in [-0.4, -0.2) is 31.6 Å². The summed E-state index contributed by atoms with van der Waals surface area (Å²) < 4.78 is 11.1. The van der Waals surface area contributed by atoms with Crippen LogP contribution >= 0.6 is 0 Å². The average Bonchev–Trinajstić information content (AvgIpc) is 2.63. The summed E-state index contributed by atoms with van der Waals surface area (Å²) in [5, 5.41) is 5.43. The summed E-state index contributed by atoms with van der Waals surface area (Å²) in [5.74, 6) is 0.822. The minimum Gasteiger partial charge on any atom is -0.486 e. The number of carbonyl (C=O) groups is 2. The summed E-state index contributed by atoms with van der Waals surface area (Å²) in [6.45, 7) is 5.10. The number of benzene rings is 2. The molecule has 1 aliphatic heterocycles. The number of hydrogen-bond acceptors (Lipinski definition) is 4. The van der Waals surface area contributed by atoms with E-state index in [0.717, 1.165) is 16.7 Å². The first kappa shape index (κ1) is 17.8. The van der Waals surface area contributed by atoms with Crippen LogP contribution in [0.3, 0.4) is 0 Å². The molecule has 6 heteroatoms. The topological polar surface area (TPSA) is 76.7 Å². The fourth-order valence-electron chi connectivity index (χ4n) is 2.90. The van der Waals surface area contributed by atoms with Gasteiger partial charge in [0.2, 0.25) is 5.91 Å². The molecule has 2 amide bonds. The van der Waals surface area contributed by atoms with Gasteiger partial charge in [0.25, 0.3) is 5.91 Å². The molecule has 2 N–H and O–H groups in total. The minimum absolute atomic E-state index is 0.0851. The van der Waals surface area contributed by atoms with Gasteiger partial charge in [-0.1, -0.05) is 29.3 Å². The van der Waals surface area contributed by atoms with Gasteiger partial charge >= 0.3 is 0 Å². The standard InChI is InChI=1S/C20H22N2O4/c1-13-8-14(2)10-16(9-13)20(24)22-12-18(23)21-11-15-4-3-5-17-19(15)26-7-6-25-17/h3-5,8-10H,6-7,11-12H2,1-2H3,(H,21,23)(H,22,24). The predicted molar refractivity (Wildman–Crippen MR) is 97.5 cm³/mol. The van der Waals surface area contributed by atoms with E-state index in [2.05, 4.69) is 10.6 Å². The largest absolute Gasteiger partial charge is 0.486 e. The third-order valence-electron chi connectivity index (χ3n) is 4.02. The Kier molecular flexibility index (Phi) is 5.41. The van der Waals surface area contributed by atoms with E-state index >= 15 is 0 Å². The maximum atomic E-state index is 12.2. The summed E-state index contributed by atoms with van der Waals surface area (Å²) in [4.78, 5) is 24.2. The molecule has 26 heavy (non-hydrogen) atoms. The molecule has 6 nitrogen and oxygen atoms in total. The van der Waals surface area contributed by atoms with Crippen LogP contribution in [0.2, 0.25) is 0 Å². The molecule has 1 heterocycles. The van der Waals surface area contributed by atoms with Gasteiger partial charge in [-0.15, -0.1) is 0 Å². The Morgan fingerprint density at radius 1 is 1.00 bits per heavy atom. The molecular formula is C20H22N2O4. The summed E-state index contributed by atoms with van der Waals surface area (Å²) in [7, 11) is 0. The lowest BCUT2D eigenvalue weighted by molar-refractivity contribution is -0.120. The Morgan fingerprint density at radius 2 is 1.73 bits per heavy atom. The predicted octanol–water partition coefficient (Wildman–Crippen LogP) is 2.12. The Balaban J connectivity index is 1.53. The van der Waals surface area contributed by atoms with Gasteiger partial charge in [0.15, 0.2) is 11.5 Å². The van der Waals surface area contributed by atoms with Crippen molar-refractivity contribution in [1.82, 2.24) is 10.6 Å². The second-order valence-corrected chi connectivity index (χ2v) is 6.28. The van der Waals surface area contributed by atoms with Gasteiger partial charge in [0.05, 0.1) is 6.54 Å². The maximum absolute atomic E-state index is 12.2. The highest BCUT2D eigenvalue weighted by molar-refractivity contribution is 5.96. The van der Waals surface area contributed by atoms with Crippen LogP contribution in [0.15, 0.2) is 36.4 Å². The van der Waals surface area contributed by atoms with E-state index < -0.39 is 0 Å². The zero-order valence-corrected chi connectivity index (χ0v) is 14.9. The fraction of sp³-hybridized carbons (Fsp3) is 0.300. The second-order valence-electron chi connectivity index (χ2n) is 6.28. The summed E-state index contributed by atoms with van der Waals surface area (Å²) >= 11 is 0. The van der Waals surface area contributed by atoms with Crippen LogP contribution in [-0.2, 0) is 11.3 Å². The van der Waals surface area contributed by atoms with Gasteiger partial charge in [-0.25, -0.2) is 0 Å². The first-order valence-electron chi connectivity index (χ1n) is 8.53. The molecule has 2 aromatic rings. The van der Waals surface area contributed by atoms with E-state index in [9.17, 15) is 9.59 Å². The molecule has 1 aliphatic rings. The zero-order valence-electron chi connectivity index (χ0n) is 14.9. The first-order chi connectivity index (χ1) is 12.5. The highest BCUT2D eigenvalue weighted by Gasteiger charge is 2.16. The molecule has 2 aromatic carbocycles. The van der Waals surface area contributed by atoms with E-state index in [1.165, 1.54) is 0 Å². The fourth-order valence-corrected chi connectivity index (χ4v) is 2.90. The number of carbonyl (C=O) groups excluding carboxylic acids is 2. The third kappa shape index (κ3) is 4.33. The van der Waals surface area contributed by atoms with Crippen molar-refractivity contribution in [2.45, 2.75) is 20.4 Å². The lowest BCUT2D eigenvalue weighted by Crippen LogP contribution is -2.36. The van der Waals surface area contributed by atoms with Gasteiger partial charge < -0.3 is 20.1 Å². The number of para-hydroxylation sites is 1. The normalized spacial score (nSPS) is 12.4. The van der Waals surface area contributed by atoms with Crippen LogP contribution < -0.4 is 20.1 Å². The van der Waals surface area contributed by atoms with Crippen molar-refractivity contribution in [2.24, 2.45) is 0 Å². The highest BCUT2D eigenvalue weighted by atomic mass is 16.6. The first-order valence-corrected chi connectivity index (χ1v) is 8.53. The molecule has 0 radical (unpaired) electrons. The van der Waals surface area contributed by atoms with Crippen LogP contribution in [0.25, 0.3) is 0 Å². The Hall–Kier alpha value is -3.02. The number of fused-ring (bicyclic) bond motifs is 1. The van der Waals surface area contributed by atoms with Crippen molar-refractivity contribution >= 4 is 11.8 Å². The lowest BCUT2D eigenvalue weighted by atomic mass is 10.1. The van der Waals surface area contributed by atoms with E-state index in [0.29, 0.717) is 36.8 Å². The molecule has 0 aromatic heterocycles. The van der Waals surface area contributed by atoms with Gasteiger partial charge in [0.1, 0.15) is 13.2 Å². The second kappa shape index (κ2) is 7.91. The lowest BCUT2D eigenvalue weighted by Gasteiger charge is -2.21. The van der Waals surface area contributed by atoms with Crippen LogP contribution in [0.4, 0.5) is 0 Å². The van der Waals surface area contributed by atoms with Crippen LogP contribution in [0.5, 0.6) is 11.5 Å². The van der Waals surface area contributed by atoms with Crippen molar-refractivity contribution in [3.05, 3.63) is 58.7 Å². The number of hydrogen-bond donors (Lipinski definition) is 2. The quantitative estimate of drug-likeness (QED) is 0.862. The minimum atomic E-state index is -0.267. The Bertz CT molecular complexity index is 812. The average molecular weight is 354 g/mol. The number of aryl methyl sites for hydroxylation is 2. The van der Waals surface area contributed by atoms with E-state index in [4.69, 9.17) is 9.47 Å². The van der Waals surface area contributed by atoms with Crippen molar-refractivity contribution in [2.75, 3.05) is 19.8 Å². The summed E-state index contributed by atoms with van der Waals surface area (Å²) in [5.41, 5.74) is 3.42. The Morgan fingerprint density at radius 3 is 2.50 bits per heavy atom. The molecule has 0 saturated carbocycles. The van der Waals surface area contributed by atoms with Gasteiger partial charge in [-0.3, -0.25) is 9.59 Å². The number of ether oxygens (including phenoxy) is 2. The zero-order chi connectivity index (χ0) is 18.5. The van der Waals surface area contributed by atoms with Crippen molar-refractivity contribution in [3.63, 3.8) is 0 Å². The van der Waals surface area contributed by atoms with Crippen LogP contribution in [0, 0.1) is 13.8 Å². The monoisotopic (exact) mass is 354 g/mol. The molecule has 0 fully saturated rings.